The maximum Gasteiger partial charge on any atom is 0.229 e. The number of aromatic nitrogens is 1. The number of carbonyl (C=O) groups excluding carboxylic acids is 2. The van der Waals surface area contributed by atoms with Crippen molar-refractivity contribution in [2.24, 2.45) is 5.92 Å². The average molecular weight is 406 g/mol. The number of piperazine rings is 1. The van der Waals surface area contributed by atoms with Gasteiger partial charge in [-0.15, -0.1) is 0 Å². The zero-order valence-electron chi connectivity index (χ0n) is 16.9. The molecule has 1 aromatic heterocycles. The van der Waals surface area contributed by atoms with Crippen LogP contribution in [0.5, 0.6) is 0 Å². The Morgan fingerprint density at radius 1 is 1.10 bits per heavy atom. The summed E-state index contributed by atoms with van der Waals surface area (Å²) in [5.74, 6) is -1.10. The number of hydrogen-bond acceptors (Lipinski definition) is 6. The van der Waals surface area contributed by atoms with E-state index >= 15 is 0 Å². The highest BCUT2D eigenvalue weighted by atomic mass is 16.3. The fourth-order valence-corrected chi connectivity index (χ4v) is 4.64. The first-order valence-electron chi connectivity index (χ1n) is 10.6. The van der Waals surface area contributed by atoms with Gasteiger partial charge >= 0.3 is 0 Å². The van der Waals surface area contributed by atoms with Crippen LogP contribution in [0.2, 0.25) is 0 Å². The minimum Gasteiger partial charge on any atom is -0.381 e. The molecule has 0 spiro atoms. The number of carbonyl (C=O) groups is 2. The fraction of sp³-hybridized carbons (Fsp3) is 0.435. The second-order valence-electron chi connectivity index (χ2n) is 8.38. The highest BCUT2D eigenvalue weighted by molar-refractivity contribution is 6.11. The van der Waals surface area contributed by atoms with Crippen molar-refractivity contribution >= 4 is 17.4 Å². The SMILES string of the molecule is O=C(C1CC1(O)C(=O)c1ccccc1N1CCc2cccnc2C1)N1CCNCC1. The second kappa shape index (κ2) is 7.49. The van der Waals surface area contributed by atoms with E-state index in [0.717, 1.165) is 37.4 Å². The molecule has 1 aliphatic carbocycles. The maximum absolute atomic E-state index is 13.4. The number of anilines is 1. The summed E-state index contributed by atoms with van der Waals surface area (Å²) in [6.45, 7) is 4.15. The molecular weight excluding hydrogens is 380 g/mol. The van der Waals surface area contributed by atoms with Crippen molar-refractivity contribution in [2.45, 2.75) is 25.0 Å². The number of benzene rings is 1. The van der Waals surface area contributed by atoms with Gasteiger partial charge in [0, 0.05) is 50.2 Å². The predicted molar refractivity (Wildman–Crippen MR) is 112 cm³/mol. The Hall–Kier alpha value is -2.77. The summed E-state index contributed by atoms with van der Waals surface area (Å²) >= 11 is 0. The van der Waals surface area contributed by atoms with E-state index in [2.05, 4.69) is 21.3 Å². The molecule has 2 aromatic rings. The molecule has 3 heterocycles. The Balaban J connectivity index is 1.37. The number of fused-ring (bicyclic) bond motifs is 1. The fourth-order valence-electron chi connectivity index (χ4n) is 4.64. The van der Waals surface area contributed by atoms with E-state index in [-0.39, 0.29) is 18.1 Å². The number of ketones is 1. The lowest BCUT2D eigenvalue weighted by Gasteiger charge is -2.31. The Labute approximate surface area is 175 Å². The first-order chi connectivity index (χ1) is 14.6. The molecule has 2 unspecified atom stereocenters. The molecule has 30 heavy (non-hydrogen) atoms. The van der Waals surface area contributed by atoms with Crippen LogP contribution < -0.4 is 10.2 Å². The summed E-state index contributed by atoms with van der Waals surface area (Å²) in [6, 6.07) is 11.4. The van der Waals surface area contributed by atoms with E-state index < -0.39 is 11.5 Å². The standard InChI is InChI=1S/C23H26N4O3/c28-21(23(30)14-18(23)22(29)26-12-9-24-10-13-26)17-5-1-2-6-20(17)27-11-7-16-4-3-8-25-19(16)15-27/h1-6,8,18,24,30H,7,9-15H2. The van der Waals surface area contributed by atoms with Crippen molar-refractivity contribution in [3.63, 3.8) is 0 Å². The Bertz CT molecular complexity index is 988. The molecule has 7 heteroatoms. The molecule has 0 radical (unpaired) electrons. The summed E-state index contributed by atoms with van der Waals surface area (Å²) in [4.78, 5) is 34.5. The van der Waals surface area contributed by atoms with Gasteiger partial charge in [-0.25, -0.2) is 0 Å². The number of hydrogen-bond donors (Lipinski definition) is 2. The lowest BCUT2D eigenvalue weighted by molar-refractivity contribution is -0.134. The molecule has 3 aliphatic rings. The van der Waals surface area contributed by atoms with Crippen LogP contribution in [0.25, 0.3) is 0 Å². The molecule has 7 nitrogen and oxygen atoms in total. The summed E-state index contributed by atoms with van der Waals surface area (Å²) in [5.41, 5.74) is 1.94. The van der Waals surface area contributed by atoms with Crippen LogP contribution in [-0.2, 0) is 17.8 Å². The van der Waals surface area contributed by atoms with Gasteiger partial charge < -0.3 is 20.2 Å². The molecule has 1 amide bonds. The van der Waals surface area contributed by atoms with Gasteiger partial charge in [0.15, 0.2) is 5.78 Å². The largest absolute Gasteiger partial charge is 0.381 e. The van der Waals surface area contributed by atoms with Crippen molar-refractivity contribution in [1.82, 2.24) is 15.2 Å². The quantitative estimate of drug-likeness (QED) is 0.738. The summed E-state index contributed by atoms with van der Waals surface area (Å²) in [5, 5.41) is 14.3. The lowest BCUT2D eigenvalue weighted by atomic mass is 9.98. The zero-order chi connectivity index (χ0) is 20.7. The van der Waals surface area contributed by atoms with Gasteiger partial charge in [0.05, 0.1) is 18.2 Å². The van der Waals surface area contributed by atoms with Gasteiger partial charge in [-0.3, -0.25) is 14.6 Å². The van der Waals surface area contributed by atoms with Crippen molar-refractivity contribution < 1.29 is 14.7 Å². The van der Waals surface area contributed by atoms with E-state index in [0.29, 0.717) is 25.2 Å². The number of nitrogens with one attached hydrogen (secondary N) is 1. The van der Waals surface area contributed by atoms with Gasteiger partial charge in [0.1, 0.15) is 5.60 Å². The van der Waals surface area contributed by atoms with Crippen LogP contribution in [0.3, 0.4) is 0 Å². The molecule has 2 atom stereocenters. The lowest BCUT2D eigenvalue weighted by Crippen LogP contribution is -2.48. The summed E-state index contributed by atoms with van der Waals surface area (Å²) in [6.07, 6.45) is 2.85. The van der Waals surface area contributed by atoms with Gasteiger partial charge in [-0.2, -0.15) is 0 Å². The molecule has 2 N–H and O–H groups in total. The molecule has 0 bridgehead atoms. The van der Waals surface area contributed by atoms with E-state index in [1.165, 1.54) is 5.56 Å². The normalized spacial score (nSPS) is 25.6. The van der Waals surface area contributed by atoms with Crippen LogP contribution >= 0.6 is 0 Å². The van der Waals surface area contributed by atoms with Crippen molar-refractivity contribution in [1.29, 1.82) is 0 Å². The Kier molecular flexibility index (Phi) is 4.79. The molecule has 1 aromatic carbocycles. The molecule has 1 saturated carbocycles. The first kappa shape index (κ1) is 19.2. The summed E-state index contributed by atoms with van der Waals surface area (Å²) in [7, 11) is 0. The van der Waals surface area contributed by atoms with Gasteiger partial charge in [-0.1, -0.05) is 18.2 Å². The highest BCUT2D eigenvalue weighted by Crippen LogP contribution is 2.48. The monoisotopic (exact) mass is 406 g/mol. The zero-order valence-corrected chi connectivity index (χ0v) is 16.9. The number of nitrogens with zero attached hydrogens (tertiary/aromatic N) is 3. The minimum atomic E-state index is -1.59. The predicted octanol–water partition coefficient (Wildman–Crippen LogP) is 1.01. The number of aliphatic hydroxyl groups is 1. The minimum absolute atomic E-state index is 0.110. The topological polar surface area (TPSA) is 85.8 Å². The van der Waals surface area contributed by atoms with Crippen LogP contribution in [0.15, 0.2) is 42.6 Å². The van der Waals surface area contributed by atoms with Gasteiger partial charge in [-0.05, 0) is 36.6 Å². The Morgan fingerprint density at radius 3 is 2.73 bits per heavy atom. The van der Waals surface area contributed by atoms with Crippen LogP contribution in [0, 0.1) is 5.92 Å². The number of pyridine rings is 1. The third kappa shape index (κ3) is 3.28. The maximum atomic E-state index is 13.4. The molecule has 156 valence electrons. The van der Waals surface area contributed by atoms with Crippen LogP contribution in [0.4, 0.5) is 5.69 Å². The number of amides is 1. The van der Waals surface area contributed by atoms with E-state index in [1.807, 2.05) is 24.3 Å². The van der Waals surface area contributed by atoms with Gasteiger partial charge in [0.2, 0.25) is 5.91 Å². The molecular formula is C23H26N4O3. The molecule has 5 rings (SSSR count). The third-order valence-electron chi connectivity index (χ3n) is 6.52. The average Bonchev–Trinajstić information content (AvgIpc) is 3.51. The second-order valence-corrected chi connectivity index (χ2v) is 8.38. The van der Waals surface area contributed by atoms with Crippen molar-refractivity contribution in [3.05, 3.63) is 59.4 Å². The van der Waals surface area contributed by atoms with E-state index in [4.69, 9.17) is 0 Å². The third-order valence-corrected chi connectivity index (χ3v) is 6.52. The van der Waals surface area contributed by atoms with Crippen LogP contribution in [0.1, 0.15) is 28.0 Å². The first-order valence-corrected chi connectivity index (χ1v) is 10.6. The summed E-state index contributed by atoms with van der Waals surface area (Å²) < 4.78 is 0. The van der Waals surface area contributed by atoms with E-state index in [1.54, 1.807) is 17.2 Å². The highest BCUT2D eigenvalue weighted by Gasteiger charge is 2.63. The van der Waals surface area contributed by atoms with Crippen molar-refractivity contribution in [2.75, 3.05) is 37.6 Å². The number of para-hydroxylation sites is 1. The molecule has 2 fully saturated rings. The number of Topliss-reactive ketones (excluding diaryl/α,β-unsaturated/α-hetero) is 1. The van der Waals surface area contributed by atoms with Gasteiger partial charge in [0.25, 0.3) is 0 Å². The van der Waals surface area contributed by atoms with E-state index in [9.17, 15) is 14.7 Å². The molecule has 1 saturated heterocycles. The van der Waals surface area contributed by atoms with Crippen molar-refractivity contribution in [3.8, 4) is 0 Å². The number of rotatable bonds is 4. The molecule has 2 aliphatic heterocycles. The van der Waals surface area contributed by atoms with Crippen LogP contribution in [-0.4, -0.2) is 65.0 Å². The Morgan fingerprint density at radius 2 is 1.90 bits per heavy atom. The smallest absolute Gasteiger partial charge is 0.229 e.